The van der Waals surface area contributed by atoms with Crippen molar-refractivity contribution in [1.82, 2.24) is 0 Å². The average Bonchev–Trinajstić information content (AvgIpc) is 2.09. The van der Waals surface area contributed by atoms with Crippen LogP contribution in [0.5, 0.6) is 0 Å². The average molecular weight is 236 g/mol. The Bertz CT molecular complexity index is 337. The van der Waals surface area contributed by atoms with Crippen LogP contribution >= 0.6 is 23.2 Å². The predicted molar refractivity (Wildman–Crippen MR) is 58.6 cm³/mol. The normalized spacial score (nSPS) is 17.6. The lowest BCUT2D eigenvalue weighted by atomic mass is 9.92. The molecule has 14 heavy (non-hydrogen) atoms. The lowest BCUT2D eigenvalue weighted by Crippen LogP contribution is -2.36. The lowest BCUT2D eigenvalue weighted by Gasteiger charge is -2.25. The predicted octanol–water partition coefficient (Wildman–Crippen LogP) is 3.53. The molecule has 0 aliphatic heterocycles. The first kappa shape index (κ1) is 11.8. The third kappa shape index (κ3) is 2.19. The van der Waals surface area contributed by atoms with Gasteiger partial charge in [0.25, 0.3) is 0 Å². The van der Waals surface area contributed by atoms with E-state index in [-0.39, 0.29) is 0 Å². The van der Waals surface area contributed by atoms with Crippen molar-refractivity contribution in [3.8, 4) is 0 Å². The maximum atomic E-state index is 14.0. The second-order valence-corrected chi connectivity index (χ2v) is 4.31. The summed E-state index contributed by atoms with van der Waals surface area (Å²) < 4.78 is 14.0. The van der Waals surface area contributed by atoms with Crippen molar-refractivity contribution in [3.63, 3.8) is 0 Å². The summed E-state index contributed by atoms with van der Waals surface area (Å²) in [5.41, 5.74) is 4.40. The van der Waals surface area contributed by atoms with Crippen LogP contribution in [0, 0.1) is 0 Å². The van der Waals surface area contributed by atoms with Crippen LogP contribution in [0.3, 0.4) is 0 Å². The number of nitrogens with two attached hydrogens (primary N) is 1. The van der Waals surface area contributed by atoms with E-state index in [9.17, 15) is 4.39 Å². The van der Waals surface area contributed by atoms with Crippen LogP contribution < -0.4 is 5.73 Å². The Kier molecular flexibility index (Phi) is 3.40. The second kappa shape index (κ2) is 4.05. The van der Waals surface area contributed by atoms with Gasteiger partial charge >= 0.3 is 0 Å². The quantitative estimate of drug-likeness (QED) is 0.835. The van der Waals surface area contributed by atoms with Crippen molar-refractivity contribution in [1.29, 1.82) is 0 Å². The first-order chi connectivity index (χ1) is 6.35. The summed E-state index contributed by atoms with van der Waals surface area (Å²) in [6.07, 6.45) is 0. The van der Waals surface area contributed by atoms with Gasteiger partial charge in [-0.2, -0.15) is 0 Å². The highest BCUT2D eigenvalue weighted by Crippen LogP contribution is 2.32. The summed E-state index contributed by atoms with van der Waals surface area (Å²) >= 11 is 11.5. The fraction of sp³-hybridized carbons (Fsp3) is 0.400. The van der Waals surface area contributed by atoms with Gasteiger partial charge in [0.05, 0.1) is 10.0 Å². The van der Waals surface area contributed by atoms with Gasteiger partial charge < -0.3 is 5.73 Å². The number of benzene rings is 1. The molecule has 2 N–H and O–H groups in total. The number of alkyl halides is 1. The molecule has 0 aliphatic carbocycles. The van der Waals surface area contributed by atoms with Crippen molar-refractivity contribution in [2.75, 3.05) is 0 Å². The fourth-order valence-electron chi connectivity index (χ4n) is 1.06. The van der Waals surface area contributed by atoms with Crippen molar-refractivity contribution in [2.24, 2.45) is 5.73 Å². The number of hydrogen-bond acceptors (Lipinski definition) is 1. The molecule has 0 saturated heterocycles. The Morgan fingerprint density at radius 1 is 1.36 bits per heavy atom. The summed E-state index contributed by atoms with van der Waals surface area (Å²) in [6.45, 7) is 3.04. The standard InChI is InChI=1S/C10H12Cl2FN/c1-6(14)10(2,13)7-3-4-8(11)9(12)5-7/h3-6H,14H2,1-2H3. The first-order valence-electron chi connectivity index (χ1n) is 4.25. The van der Waals surface area contributed by atoms with Crippen molar-refractivity contribution >= 4 is 23.2 Å². The Morgan fingerprint density at radius 2 is 1.93 bits per heavy atom. The second-order valence-electron chi connectivity index (χ2n) is 3.49. The van der Waals surface area contributed by atoms with E-state index in [1.807, 2.05) is 0 Å². The molecular weight excluding hydrogens is 224 g/mol. The van der Waals surface area contributed by atoms with Crippen molar-refractivity contribution in [3.05, 3.63) is 33.8 Å². The van der Waals surface area contributed by atoms with Crippen LogP contribution in [0.4, 0.5) is 4.39 Å². The zero-order valence-corrected chi connectivity index (χ0v) is 9.53. The third-order valence-corrected chi connectivity index (χ3v) is 3.08. The molecule has 1 aromatic carbocycles. The van der Waals surface area contributed by atoms with Crippen LogP contribution in [0.25, 0.3) is 0 Å². The molecular formula is C10H12Cl2FN. The SMILES string of the molecule is CC(N)C(C)(F)c1ccc(Cl)c(Cl)c1. The van der Waals surface area contributed by atoms with Gasteiger partial charge in [0.15, 0.2) is 0 Å². The molecule has 1 aromatic rings. The first-order valence-corrected chi connectivity index (χ1v) is 5.01. The smallest absolute Gasteiger partial charge is 0.147 e. The Labute approximate surface area is 93.0 Å². The van der Waals surface area contributed by atoms with E-state index in [0.717, 1.165) is 0 Å². The minimum absolute atomic E-state index is 0.341. The van der Waals surface area contributed by atoms with Crippen molar-refractivity contribution in [2.45, 2.75) is 25.6 Å². The van der Waals surface area contributed by atoms with E-state index in [1.165, 1.54) is 13.0 Å². The van der Waals surface area contributed by atoms with Gasteiger partial charge in [-0.1, -0.05) is 29.3 Å². The summed E-state index contributed by atoms with van der Waals surface area (Å²) in [5.74, 6) is 0. The molecule has 2 atom stereocenters. The molecule has 4 heteroatoms. The molecule has 0 bridgehead atoms. The largest absolute Gasteiger partial charge is 0.325 e. The van der Waals surface area contributed by atoms with E-state index in [2.05, 4.69) is 0 Å². The van der Waals surface area contributed by atoms with Gasteiger partial charge in [-0.15, -0.1) is 0 Å². The van der Waals surface area contributed by atoms with Crippen LogP contribution in [0.15, 0.2) is 18.2 Å². The van der Waals surface area contributed by atoms with Gasteiger partial charge in [-0.05, 0) is 31.5 Å². The summed E-state index contributed by atoms with van der Waals surface area (Å²) in [5, 5.41) is 0.754. The lowest BCUT2D eigenvalue weighted by molar-refractivity contribution is 0.158. The molecule has 0 fully saturated rings. The van der Waals surface area contributed by atoms with Crippen LogP contribution in [0.1, 0.15) is 19.4 Å². The topological polar surface area (TPSA) is 26.0 Å². The molecule has 0 saturated carbocycles. The summed E-state index contributed by atoms with van der Waals surface area (Å²) in [6, 6.07) is 4.07. The van der Waals surface area contributed by atoms with Gasteiger partial charge in [-0.3, -0.25) is 0 Å². The zero-order chi connectivity index (χ0) is 10.9. The Balaban J connectivity index is 3.14. The minimum Gasteiger partial charge on any atom is -0.325 e. The molecule has 0 aromatic heterocycles. The molecule has 0 heterocycles. The van der Waals surface area contributed by atoms with Crippen molar-refractivity contribution < 1.29 is 4.39 Å². The molecule has 1 nitrogen and oxygen atoms in total. The summed E-state index contributed by atoms with van der Waals surface area (Å²) in [4.78, 5) is 0. The van der Waals surface area contributed by atoms with Gasteiger partial charge in [0, 0.05) is 6.04 Å². The number of halogens is 3. The van der Waals surface area contributed by atoms with Gasteiger partial charge in [0.2, 0.25) is 0 Å². The number of hydrogen-bond donors (Lipinski definition) is 1. The van der Waals surface area contributed by atoms with Crippen LogP contribution in [-0.4, -0.2) is 6.04 Å². The Hall–Kier alpha value is -0.310. The van der Waals surface area contributed by atoms with E-state index < -0.39 is 11.7 Å². The van der Waals surface area contributed by atoms with E-state index in [4.69, 9.17) is 28.9 Å². The van der Waals surface area contributed by atoms with Crippen LogP contribution in [0.2, 0.25) is 10.0 Å². The van der Waals surface area contributed by atoms with E-state index >= 15 is 0 Å². The third-order valence-electron chi connectivity index (χ3n) is 2.34. The minimum atomic E-state index is -1.59. The maximum Gasteiger partial charge on any atom is 0.147 e. The molecule has 2 unspecified atom stereocenters. The van der Waals surface area contributed by atoms with Gasteiger partial charge in [-0.25, -0.2) is 4.39 Å². The maximum absolute atomic E-state index is 14.0. The van der Waals surface area contributed by atoms with E-state index in [0.29, 0.717) is 15.6 Å². The zero-order valence-electron chi connectivity index (χ0n) is 8.02. The molecule has 1 rings (SSSR count). The fourth-order valence-corrected chi connectivity index (χ4v) is 1.36. The molecule has 78 valence electrons. The molecule has 0 radical (unpaired) electrons. The molecule has 0 spiro atoms. The monoisotopic (exact) mass is 235 g/mol. The highest BCUT2D eigenvalue weighted by Gasteiger charge is 2.30. The molecule has 0 aliphatic rings. The Morgan fingerprint density at radius 3 is 2.36 bits per heavy atom. The van der Waals surface area contributed by atoms with Crippen LogP contribution in [-0.2, 0) is 5.67 Å². The highest BCUT2D eigenvalue weighted by atomic mass is 35.5. The van der Waals surface area contributed by atoms with E-state index in [1.54, 1.807) is 19.1 Å². The highest BCUT2D eigenvalue weighted by molar-refractivity contribution is 6.42. The number of rotatable bonds is 2. The van der Waals surface area contributed by atoms with Gasteiger partial charge in [0.1, 0.15) is 5.67 Å². The summed E-state index contributed by atoms with van der Waals surface area (Å²) in [7, 11) is 0. The molecule has 0 amide bonds.